The zero-order valence-electron chi connectivity index (χ0n) is 11.9. The highest BCUT2D eigenvalue weighted by Gasteiger charge is 2.47. The van der Waals surface area contributed by atoms with Gasteiger partial charge in [0.25, 0.3) is 5.91 Å². The average molecular weight is 272 g/mol. The van der Waals surface area contributed by atoms with Gasteiger partial charge in [0.15, 0.2) is 0 Å². The van der Waals surface area contributed by atoms with Gasteiger partial charge < -0.3 is 9.80 Å². The number of hydrogen-bond donors (Lipinski definition) is 0. The normalized spacial score (nSPS) is 24.9. The molecule has 0 atom stereocenters. The predicted octanol–water partition coefficient (Wildman–Crippen LogP) is 1.13. The van der Waals surface area contributed by atoms with E-state index in [0.717, 1.165) is 38.4 Å². The van der Waals surface area contributed by atoms with Crippen molar-refractivity contribution in [3.05, 3.63) is 23.8 Å². The molecular weight excluding hydrogens is 252 g/mol. The molecule has 1 spiro atoms. The monoisotopic (exact) mass is 272 g/mol. The number of nitrogens with zero attached hydrogens (tertiary/aromatic N) is 4. The SMILES string of the molecule is CN1CC2(CCN(C(=O)c3cnc(C4CC4)nc3)C2)C1. The Labute approximate surface area is 119 Å². The lowest BCUT2D eigenvalue weighted by molar-refractivity contribution is 0.0293. The lowest BCUT2D eigenvalue weighted by Gasteiger charge is -2.46. The van der Waals surface area contributed by atoms with Gasteiger partial charge in [-0.05, 0) is 26.3 Å². The van der Waals surface area contributed by atoms with Crippen LogP contribution >= 0.6 is 0 Å². The van der Waals surface area contributed by atoms with Crippen LogP contribution in [0.2, 0.25) is 0 Å². The minimum absolute atomic E-state index is 0.0961. The molecule has 4 rings (SSSR count). The van der Waals surface area contributed by atoms with Crippen LogP contribution in [0.1, 0.15) is 41.4 Å². The Bertz CT molecular complexity index is 531. The van der Waals surface area contributed by atoms with E-state index in [9.17, 15) is 4.79 Å². The number of hydrogen-bond acceptors (Lipinski definition) is 4. The molecule has 0 bridgehead atoms. The highest BCUT2D eigenvalue weighted by atomic mass is 16.2. The van der Waals surface area contributed by atoms with Gasteiger partial charge in [0.2, 0.25) is 0 Å². The van der Waals surface area contributed by atoms with Crippen molar-refractivity contribution in [2.45, 2.75) is 25.2 Å². The van der Waals surface area contributed by atoms with Crippen LogP contribution in [0.25, 0.3) is 0 Å². The van der Waals surface area contributed by atoms with E-state index in [-0.39, 0.29) is 5.91 Å². The standard InChI is InChI=1S/C15H20N4O/c1-18-8-15(9-18)4-5-19(10-15)14(20)12-6-16-13(17-7-12)11-2-3-11/h6-7,11H,2-5,8-10H2,1H3. The fourth-order valence-electron chi connectivity index (χ4n) is 3.65. The van der Waals surface area contributed by atoms with Gasteiger partial charge in [-0.25, -0.2) is 9.97 Å². The summed E-state index contributed by atoms with van der Waals surface area (Å²) in [5.74, 6) is 1.54. The largest absolute Gasteiger partial charge is 0.338 e. The summed E-state index contributed by atoms with van der Waals surface area (Å²) >= 11 is 0. The summed E-state index contributed by atoms with van der Waals surface area (Å²) in [6, 6.07) is 0. The summed E-state index contributed by atoms with van der Waals surface area (Å²) in [5.41, 5.74) is 0.998. The number of carbonyl (C=O) groups excluding carboxylic acids is 1. The van der Waals surface area contributed by atoms with Crippen molar-refractivity contribution >= 4 is 5.91 Å². The van der Waals surface area contributed by atoms with Crippen LogP contribution in [0, 0.1) is 5.41 Å². The molecule has 1 aliphatic carbocycles. The third kappa shape index (κ3) is 2.00. The van der Waals surface area contributed by atoms with E-state index in [1.54, 1.807) is 12.4 Å². The summed E-state index contributed by atoms with van der Waals surface area (Å²) in [5, 5.41) is 0. The van der Waals surface area contributed by atoms with Crippen molar-refractivity contribution in [3.63, 3.8) is 0 Å². The summed E-state index contributed by atoms with van der Waals surface area (Å²) in [6.45, 7) is 4.00. The third-order valence-electron chi connectivity index (χ3n) is 4.80. The van der Waals surface area contributed by atoms with Gasteiger partial charge in [0.05, 0.1) is 5.56 Å². The molecule has 1 saturated carbocycles. The van der Waals surface area contributed by atoms with Crippen LogP contribution in [0.3, 0.4) is 0 Å². The quantitative estimate of drug-likeness (QED) is 0.810. The fourth-order valence-corrected chi connectivity index (χ4v) is 3.65. The molecule has 1 aromatic heterocycles. The lowest BCUT2D eigenvalue weighted by Crippen LogP contribution is -2.55. The predicted molar refractivity (Wildman–Crippen MR) is 74.5 cm³/mol. The molecule has 1 aromatic rings. The number of likely N-dealkylation sites (tertiary alicyclic amines) is 2. The third-order valence-corrected chi connectivity index (χ3v) is 4.80. The molecule has 0 aromatic carbocycles. The number of amides is 1. The average Bonchev–Trinajstić information content (AvgIpc) is 3.18. The van der Waals surface area contributed by atoms with Gasteiger partial charge in [-0.1, -0.05) is 0 Å². The number of carbonyl (C=O) groups is 1. The van der Waals surface area contributed by atoms with Crippen molar-refractivity contribution < 1.29 is 4.79 Å². The highest BCUT2D eigenvalue weighted by Crippen LogP contribution is 2.39. The van der Waals surface area contributed by atoms with Crippen LogP contribution in [0.4, 0.5) is 0 Å². The van der Waals surface area contributed by atoms with Gasteiger partial charge in [-0.15, -0.1) is 0 Å². The van der Waals surface area contributed by atoms with E-state index >= 15 is 0 Å². The van der Waals surface area contributed by atoms with Gasteiger partial charge in [0.1, 0.15) is 5.82 Å². The van der Waals surface area contributed by atoms with E-state index < -0.39 is 0 Å². The van der Waals surface area contributed by atoms with Crippen molar-refractivity contribution in [2.75, 3.05) is 33.2 Å². The highest BCUT2D eigenvalue weighted by molar-refractivity contribution is 5.93. The van der Waals surface area contributed by atoms with E-state index in [1.807, 2.05) is 4.90 Å². The maximum absolute atomic E-state index is 12.5. The minimum Gasteiger partial charge on any atom is -0.338 e. The van der Waals surface area contributed by atoms with Crippen LogP contribution in [0.5, 0.6) is 0 Å². The second-order valence-electron chi connectivity index (χ2n) is 6.75. The van der Waals surface area contributed by atoms with Crippen molar-refractivity contribution in [3.8, 4) is 0 Å². The molecule has 0 radical (unpaired) electrons. The summed E-state index contributed by atoms with van der Waals surface area (Å²) < 4.78 is 0. The lowest BCUT2D eigenvalue weighted by atomic mass is 9.79. The molecule has 20 heavy (non-hydrogen) atoms. The Morgan fingerprint density at radius 1 is 1.25 bits per heavy atom. The fraction of sp³-hybridized carbons (Fsp3) is 0.667. The first-order chi connectivity index (χ1) is 9.65. The van der Waals surface area contributed by atoms with Gasteiger partial charge in [0, 0.05) is 49.9 Å². The van der Waals surface area contributed by atoms with Crippen LogP contribution in [-0.4, -0.2) is 58.9 Å². The first-order valence-corrected chi connectivity index (χ1v) is 7.45. The summed E-state index contributed by atoms with van der Waals surface area (Å²) in [4.78, 5) is 25.5. The molecule has 2 saturated heterocycles. The van der Waals surface area contributed by atoms with E-state index in [4.69, 9.17) is 0 Å². The van der Waals surface area contributed by atoms with Crippen LogP contribution in [-0.2, 0) is 0 Å². The maximum Gasteiger partial charge on any atom is 0.257 e. The zero-order valence-corrected chi connectivity index (χ0v) is 11.9. The Kier molecular flexibility index (Phi) is 2.61. The molecule has 5 nitrogen and oxygen atoms in total. The molecule has 3 fully saturated rings. The van der Waals surface area contributed by atoms with E-state index in [2.05, 4.69) is 21.9 Å². The molecule has 1 amide bonds. The number of aromatic nitrogens is 2. The second kappa shape index (κ2) is 4.25. The molecule has 0 N–H and O–H groups in total. The van der Waals surface area contributed by atoms with E-state index in [0.29, 0.717) is 16.9 Å². The smallest absolute Gasteiger partial charge is 0.257 e. The molecule has 2 aliphatic heterocycles. The molecular formula is C15H20N4O. The molecule has 0 unspecified atom stereocenters. The Morgan fingerprint density at radius 2 is 1.95 bits per heavy atom. The Morgan fingerprint density at radius 3 is 2.55 bits per heavy atom. The molecule has 106 valence electrons. The molecule has 5 heteroatoms. The van der Waals surface area contributed by atoms with E-state index in [1.165, 1.54) is 12.8 Å². The van der Waals surface area contributed by atoms with Crippen molar-refractivity contribution in [2.24, 2.45) is 5.41 Å². The first-order valence-electron chi connectivity index (χ1n) is 7.45. The van der Waals surface area contributed by atoms with Crippen LogP contribution < -0.4 is 0 Å². The van der Waals surface area contributed by atoms with Gasteiger partial charge >= 0.3 is 0 Å². The van der Waals surface area contributed by atoms with Gasteiger partial charge in [-0.2, -0.15) is 0 Å². The van der Waals surface area contributed by atoms with Crippen molar-refractivity contribution in [1.82, 2.24) is 19.8 Å². The number of rotatable bonds is 2. The second-order valence-corrected chi connectivity index (χ2v) is 6.75. The molecule has 3 heterocycles. The summed E-state index contributed by atoms with van der Waals surface area (Å²) in [6.07, 6.45) is 6.93. The topological polar surface area (TPSA) is 49.3 Å². The minimum atomic E-state index is 0.0961. The molecule has 3 aliphatic rings. The first kappa shape index (κ1) is 12.3. The maximum atomic E-state index is 12.5. The van der Waals surface area contributed by atoms with Crippen molar-refractivity contribution in [1.29, 1.82) is 0 Å². The van der Waals surface area contributed by atoms with Crippen LogP contribution in [0.15, 0.2) is 12.4 Å². The Balaban J connectivity index is 1.44. The summed E-state index contributed by atoms with van der Waals surface area (Å²) in [7, 11) is 2.14. The van der Waals surface area contributed by atoms with Gasteiger partial charge in [-0.3, -0.25) is 4.79 Å². The Hall–Kier alpha value is -1.49. The zero-order chi connectivity index (χ0) is 13.7.